The maximum absolute atomic E-state index is 10.4. The first kappa shape index (κ1) is 86.5. The molecular weight excluding hydrogens is 1370 g/mol. The Morgan fingerprint density at radius 1 is 0.230 bits per heavy atom. The molecule has 0 radical (unpaired) electrons. The summed E-state index contributed by atoms with van der Waals surface area (Å²) in [5.74, 6) is 2.59. The average Bonchev–Trinajstić information content (AvgIpc) is 0.900. The van der Waals surface area contributed by atoms with Crippen LogP contribution in [0.3, 0.4) is 0 Å². The Kier molecular flexibility index (Phi) is 48.1. The van der Waals surface area contributed by atoms with Crippen molar-refractivity contribution in [3.05, 3.63) is 243 Å². The third-order valence-electron chi connectivity index (χ3n) is 14.7. The van der Waals surface area contributed by atoms with E-state index >= 15 is 0 Å². The van der Waals surface area contributed by atoms with E-state index in [1.54, 1.807) is 0 Å². The molecular formula is C78H104Cl2N2O15P2S. The van der Waals surface area contributed by atoms with Gasteiger partial charge in [0.05, 0.1) is 171 Å². The van der Waals surface area contributed by atoms with Gasteiger partial charge in [0.25, 0.3) is 0 Å². The van der Waals surface area contributed by atoms with Crippen molar-refractivity contribution in [1.82, 2.24) is 0 Å². The average molecular weight is 1470 g/mol. The lowest BCUT2D eigenvalue weighted by molar-refractivity contribution is -0.0334. The maximum Gasteiger partial charge on any atom is 0.150 e. The highest BCUT2D eigenvalue weighted by atomic mass is 35.5. The largest absolute Gasteiger partial charge is 0.457 e. The van der Waals surface area contributed by atoms with Crippen LogP contribution in [0.5, 0.6) is 11.5 Å². The van der Waals surface area contributed by atoms with E-state index in [9.17, 15) is 18.7 Å². The number of para-hydroxylation sites is 2. The van der Waals surface area contributed by atoms with Crippen LogP contribution in [0.15, 0.2) is 243 Å². The zero-order valence-corrected chi connectivity index (χ0v) is 61.8. The zero-order chi connectivity index (χ0) is 68.8. The van der Waals surface area contributed by atoms with E-state index in [4.69, 9.17) is 61.6 Å². The molecule has 0 bridgehead atoms. The summed E-state index contributed by atoms with van der Waals surface area (Å²) in [6, 6.07) is 80.6. The van der Waals surface area contributed by atoms with E-state index < -0.39 is 23.9 Å². The SMILES string of the molecule is C1CCOC1.C1COCCOCCOCCOCCO1.C1COCCOCCOCCOCCOCCO1.Cl.Cl.N=P(c1ccccc1)(c1ccccc1)c1ccccc1.N=P(c1ccccc1)(c1ccccc1)c1ccccc1.O=S1(=O)CCCC1.c1ccc(Oc2ccccc2)cc1. The second-order valence-electron chi connectivity index (χ2n) is 22.0. The van der Waals surface area contributed by atoms with Crippen LogP contribution in [0, 0.1) is 10.3 Å². The Labute approximate surface area is 607 Å². The van der Waals surface area contributed by atoms with Gasteiger partial charge in [-0.15, -0.1) is 24.8 Å². The molecule has 0 saturated carbocycles. The lowest BCUT2D eigenvalue weighted by Crippen LogP contribution is -2.24. The summed E-state index contributed by atoms with van der Waals surface area (Å²) < 4.78 is 89.7. The Morgan fingerprint density at radius 3 is 0.510 bits per heavy atom. The van der Waals surface area contributed by atoms with E-state index in [1.165, 1.54) is 12.8 Å². The third-order valence-corrected chi connectivity index (χ3v) is 22.9. The van der Waals surface area contributed by atoms with Crippen molar-refractivity contribution in [3.63, 3.8) is 0 Å². The van der Waals surface area contributed by atoms with E-state index in [2.05, 4.69) is 72.8 Å². The van der Waals surface area contributed by atoms with Crippen LogP contribution in [0.2, 0.25) is 0 Å². The summed E-state index contributed by atoms with van der Waals surface area (Å²) in [7, 11) is -7.10. The molecule has 546 valence electrons. The van der Waals surface area contributed by atoms with Gasteiger partial charge in [-0.05, 0) is 81.8 Å². The normalized spacial score (nSPS) is 16.8. The molecule has 8 aromatic carbocycles. The number of hydrogen-bond acceptors (Lipinski definition) is 17. The standard InChI is InChI=1S/2C18H16NP.C12H24O6.C12H10O.C10H20O5.C4H8O2S.C4H8O.2ClH/c2*19-20(16-10-4-1-5-11-16,17-12-6-2-7-13-17)18-14-8-3-9-15-18;1-2-14-5-6-16-9-10-18-12-11-17-8-7-15-4-3-13-1;1-3-7-11(8-4-1)13-12-9-5-2-6-10-12;1-2-12-5-6-14-9-10-15-8-7-13-4-3-11-1;5-7(6)3-1-2-4-7;1-2-4-5-3-1;;/h2*1-15,19H;1-12H2;1-10H;1-10H2;1-4H2;1-4H2;2*1H. The van der Waals surface area contributed by atoms with Crippen LogP contribution < -0.4 is 36.6 Å². The summed E-state index contributed by atoms with van der Waals surface area (Å²) in [4.78, 5) is 0. The number of halogens is 2. The predicted octanol–water partition coefficient (Wildman–Crippen LogP) is 13.0. The van der Waals surface area contributed by atoms with Gasteiger partial charge in [-0.3, -0.25) is 0 Å². The molecule has 0 unspecified atom stereocenters. The third kappa shape index (κ3) is 36.3. The molecule has 0 aliphatic carbocycles. The molecule has 0 aromatic heterocycles. The molecule has 0 spiro atoms. The Hall–Kier alpha value is -5.93. The second kappa shape index (κ2) is 55.6. The first-order valence-electron chi connectivity index (χ1n) is 33.8. The van der Waals surface area contributed by atoms with E-state index in [0.717, 1.165) is 69.4 Å². The van der Waals surface area contributed by atoms with E-state index in [0.29, 0.717) is 157 Å². The Balaban J connectivity index is 0.000000254. The van der Waals surface area contributed by atoms with Crippen LogP contribution in [-0.4, -0.2) is 178 Å². The Morgan fingerprint density at radius 2 is 0.380 bits per heavy atom. The molecule has 17 nitrogen and oxygen atoms in total. The highest BCUT2D eigenvalue weighted by molar-refractivity contribution is 7.91. The van der Waals surface area contributed by atoms with Crippen LogP contribution >= 0.6 is 38.9 Å². The van der Waals surface area contributed by atoms with Gasteiger partial charge in [-0.25, -0.2) is 8.42 Å². The van der Waals surface area contributed by atoms with Crippen molar-refractivity contribution in [2.75, 3.05) is 170 Å². The fourth-order valence-corrected chi connectivity index (χ4v) is 16.6. The Bertz CT molecular complexity index is 2880. The fourth-order valence-electron chi connectivity index (χ4n) is 9.59. The molecule has 100 heavy (non-hydrogen) atoms. The highest BCUT2D eigenvalue weighted by Gasteiger charge is 2.25. The smallest absolute Gasteiger partial charge is 0.150 e. The minimum Gasteiger partial charge on any atom is -0.457 e. The van der Waals surface area contributed by atoms with Gasteiger partial charge in [0.2, 0.25) is 0 Å². The predicted molar refractivity (Wildman–Crippen MR) is 410 cm³/mol. The summed E-state index contributed by atoms with van der Waals surface area (Å²) >= 11 is 0. The topological polar surface area (TPSA) is 202 Å². The molecule has 4 aliphatic rings. The molecule has 4 fully saturated rings. The van der Waals surface area contributed by atoms with Gasteiger partial charge in [-0.1, -0.05) is 218 Å². The number of hydrogen-bond donors (Lipinski definition) is 2. The van der Waals surface area contributed by atoms with Crippen molar-refractivity contribution in [2.24, 2.45) is 0 Å². The van der Waals surface area contributed by atoms with E-state index in [-0.39, 0.29) is 24.8 Å². The van der Waals surface area contributed by atoms with Gasteiger partial charge >= 0.3 is 0 Å². The van der Waals surface area contributed by atoms with Crippen molar-refractivity contribution >= 4 is 80.6 Å². The summed E-state index contributed by atoms with van der Waals surface area (Å²) in [6.07, 6.45) is 4.31. The molecule has 0 amide bonds. The van der Waals surface area contributed by atoms with Crippen LogP contribution in [0.1, 0.15) is 25.7 Å². The minimum absolute atomic E-state index is 0. The zero-order valence-electron chi connectivity index (χ0n) is 57.6. The first-order valence-corrected chi connectivity index (χ1v) is 39.2. The monoisotopic (exact) mass is 1470 g/mol. The van der Waals surface area contributed by atoms with Crippen molar-refractivity contribution in [1.29, 1.82) is 10.3 Å². The van der Waals surface area contributed by atoms with Crippen molar-refractivity contribution in [3.8, 4) is 11.5 Å². The van der Waals surface area contributed by atoms with Gasteiger partial charge in [0.1, 0.15) is 21.3 Å². The molecule has 4 heterocycles. The molecule has 12 rings (SSSR count). The lowest BCUT2D eigenvalue weighted by Gasteiger charge is -2.24. The molecule has 4 saturated heterocycles. The van der Waals surface area contributed by atoms with Crippen molar-refractivity contribution in [2.45, 2.75) is 25.7 Å². The van der Waals surface area contributed by atoms with E-state index in [1.807, 2.05) is 170 Å². The molecule has 4 aliphatic heterocycles. The number of sulfone groups is 1. The number of rotatable bonds is 8. The maximum atomic E-state index is 10.4. The lowest BCUT2D eigenvalue weighted by atomic mass is 10.3. The summed E-state index contributed by atoms with van der Waals surface area (Å²) in [6.45, 7) is 15.1. The van der Waals surface area contributed by atoms with Gasteiger partial charge in [0, 0.05) is 13.2 Å². The quantitative estimate of drug-likeness (QED) is 0.136. The van der Waals surface area contributed by atoms with Crippen LogP contribution in [0.4, 0.5) is 0 Å². The molecule has 0 atom stereocenters. The van der Waals surface area contributed by atoms with Crippen molar-refractivity contribution < 1.29 is 70.0 Å². The number of benzene rings is 8. The summed E-state index contributed by atoms with van der Waals surface area (Å²) in [5.41, 5.74) is 0. The highest BCUT2D eigenvalue weighted by Crippen LogP contribution is 2.44. The molecule has 2 N–H and O–H groups in total. The van der Waals surface area contributed by atoms with Gasteiger partial charge < -0.3 is 71.9 Å². The second-order valence-corrected chi connectivity index (χ2v) is 30.1. The van der Waals surface area contributed by atoms with Crippen LogP contribution in [0.25, 0.3) is 0 Å². The van der Waals surface area contributed by atoms with Gasteiger partial charge in [-0.2, -0.15) is 0 Å². The van der Waals surface area contributed by atoms with Gasteiger partial charge in [0.15, 0.2) is 0 Å². The molecule has 8 aromatic rings. The van der Waals surface area contributed by atoms with Crippen LogP contribution in [-0.2, 0) is 66.7 Å². The number of nitrogens with one attached hydrogen (secondary N) is 2. The number of ether oxygens (including phenoxy) is 13. The first-order chi connectivity index (χ1) is 48.3. The fraction of sp³-hybridized carbons (Fsp3) is 0.385. The minimum atomic E-state index is -2.55. The molecule has 22 heteroatoms. The summed E-state index contributed by atoms with van der Waals surface area (Å²) in [5, 5.41) is 25.1.